The first-order valence-corrected chi connectivity index (χ1v) is 9.29. The monoisotopic (exact) mass is 367 g/mol. The van der Waals surface area contributed by atoms with Crippen LogP contribution in [-0.2, 0) is 4.79 Å². The summed E-state index contributed by atoms with van der Waals surface area (Å²) in [5.41, 5.74) is 12.9. The van der Waals surface area contributed by atoms with Crippen molar-refractivity contribution in [1.82, 2.24) is 4.90 Å². The van der Waals surface area contributed by atoms with Crippen molar-refractivity contribution in [3.8, 4) is 11.5 Å². The SMILES string of the molecule is CCCN1CCC(C(C(N)=O)c2cc(Cl)c(N)c3c2OCCO3)CC1. The second kappa shape index (κ2) is 7.70. The van der Waals surface area contributed by atoms with Crippen LogP contribution < -0.4 is 20.9 Å². The highest BCUT2D eigenvalue weighted by Crippen LogP contribution is 2.48. The third kappa shape index (κ3) is 3.65. The number of nitrogens with two attached hydrogens (primary N) is 2. The molecule has 7 heteroatoms. The van der Waals surface area contributed by atoms with Crippen molar-refractivity contribution in [2.75, 3.05) is 38.6 Å². The Bertz CT molecular complexity index is 645. The lowest BCUT2D eigenvalue weighted by Crippen LogP contribution is -2.39. The molecule has 2 heterocycles. The number of rotatable bonds is 5. The normalized spacial score (nSPS) is 19.6. The summed E-state index contributed by atoms with van der Waals surface area (Å²) in [6.07, 6.45) is 2.98. The summed E-state index contributed by atoms with van der Waals surface area (Å²) in [6.45, 7) is 6.05. The number of piperidine rings is 1. The van der Waals surface area contributed by atoms with Gasteiger partial charge in [0.2, 0.25) is 5.91 Å². The number of carbonyl (C=O) groups is 1. The topological polar surface area (TPSA) is 90.8 Å². The first-order valence-electron chi connectivity index (χ1n) is 8.92. The van der Waals surface area contributed by atoms with E-state index in [9.17, 15) is 4.79 Å². The lowest BCUT2D eigenvalue weighted by atomic mass is 9.79. The Morgan fingerprint density at radius 2 is 1.96 bits per heavy atom. The highest BCUT2D eigenvalue weighted by Gasteiger charge is 2.36. The minimum Gasteiger partial charge on any atom is -0.486 e. The standard InChI is InChI=1S/C18H26ClN3O3/c1-2-5-22-6-3-11(4-7-22)14(18(21)23)12-10-13(19)15(20)17-16(12)24-8-9-25-17/h10-11,14H,2-9,20H2,1H3,(H2,21,23). The first-order chi connectivity index (χ1) is 12.0. The van der Waals surface area contributed by atoms with E-state index in [0.29, 0.717) is 41.0 Å². The Morgan fingerprint density at radius 3 is 2.56 bits per heavy atom. The van der Waals surface area contributed by atoms with E-state index in [1.165, 1.54) is 0 Å². The van der Waals surface area contributed by atoms with Gasteiger partial charge in [-0.3, -0.25) is 4.79 Å². The third-order valence-electron chi connectivity index (χ3n) is 5.11. The minimum absolute atomic E-state index is 0.167. The summed E-state index contributed by atoms with van der Waals surface area (Å²) in [4.78, 5) is 14.8. The van der Waals surface area contributed by atoms with E-state index in [0.717, 1.165) is 38.9 Å². The van der Waals surface area contributed by atoms with Crippen molar-refractivity contribution in [3.63, 3.8) is 0 Å². The number of hydrogen-bond donors (Lipinski definition) is 2. The molecule has 1 aromatic carbocycles. The van der Waals surface area contributed by atoms with E-state index < -0.39 is 5.92 Å². The van der Waals surface area contributed by atoms with Gasteiger partial charge in [-0.05, 0) is 50.9 Å². The molecule has 0 aliphatic carbocycles. The molecule has 1 fully saturated rings. The number of nitrogens with zero attached hydrogens (tertiary/aromatic N) is 1. The molecule has 138 valence electrons. The number of likely N-dealkylation sites (tertiary alicyclic amines) is 1. The van der Waals surface area contributed by atoms with Crippen LogP contribution in [0, 0.1) is 5.92 Å². The van der Waals surface area contributed by atoms with Gasteiger partial charge in [0.25, 0.3) is 0 Å². The van der Waals surface area contributed by atoms with Crippen LogP contribution in [-0.4, -0.2) is 43.7 Å². The minimum atomic E-state index is -0.447. The molecule has 1 atom stereocenters. The van der Waals surface area contributed by atoms with E-state index in [1.807, 2.05) is 0 Å². The quantitative estimate of drug-likeness (QED) is 0.780. The Labute approximate surface area is 153 Å². The van der Waals surface area contributed by atoms with Crippen LogP contribution in [0.25, 0.3) is 0 Å². The van der Waals surface area contributed by atoms with Gasteiger partial charge in [-0.25, -0.2) is 0 Å². The van der Waals surface area contributed by atoms with Gasteiger partial charge in [-0.2, -0.15) is 0 Å². The molecular formula is C18H26ClN3O3. The smallest absolute Gasteiger partial charge is 0.225 e. The molecule has 2 aliphatic heterocycles. The summed E-state index contributed by atoms with van der Waals surface area (Å²) in [5.74, 6) is 0.319. The first kappa shape index (κ1) is 18.1. The number of anilines is 1. The van der Waals surface area contributed by atoms with Gasteiger partial charge >= 0.3 is 0 Å². The molecule has 0 saturated carbocycles. The maximum Gasteiger partial charge on any atom is 0.225 e. The summed E-state index contributed by atoms with van der Waals surface area (Å²) < 4.78 is 11.4. The van der Waals surface area contributed by atoms with Crippen LogP contribution >= 0.6 is 11.6 Å². The fourth-order valence-corrected chi connectivity index (χ4v) is 4.12. The van der Waals surface area contributed by atoms with Gasteiger partial charge in [-0.15, -0.1) is 0 Å². The summed E-state index contributed by atoms with van der Waals surface area (Å²) >= 11 is 6.28. The maximum absolute atomic E-state index is 12.3. The fourth-order valence-electron chi connectivity index (χ4n) is 3.92. The molecular weight excluding hydrogens is 342 g/mol. The summed E-state index contributed by atoms with van der Waals surface area (Å²) in [7, 11) is 0. The number of primary amides is 1. The van der Waals surface area contributed by atoms with Crippen molar-refractivity contribution in [3.05, 3.63) is 16.7 Å². The molecule has 0 bridgehead atoms. The molecule has 1 unspecified atom stereocenters. The average molecular weight is 368 g/mol. The van der Waals surface area contributed by atoms with Crippen LogP contribution in [0.4, 0.5) is 5.69 Å². The van der Waals surface area contributed by atoms with E-state index >= 15 is 0 Å². The Morgan fingerprint density at radius 1 is 1.32 bits per heavy atom. The Hall–Kier alpha value is -1.66. The molecule has 0 radical (unpaired) electrons. The fraction of sp³-hybridized carbons (Fsp3) is 0.611. The average Bonchev–Trinajstić information content (AvgIpc) is 2.61. The van der Waals surface area contributed by atoms with Crippen molar-refractivity contribution < 1.29 is 14.3 Å². The zero-order valence-electron chi connectivity index (χ0n) is 14.6. The number of fused-ring (bicyclic) bond motifs is 1. The zero-order valence-corrected chi connectivity index (χ0v) is 15.3. The van der Waals surface area contributed by atoms with E-state index in [2.05, 4.69) is 11.8 Å². The number of halogens is 1. The number of hydrogen-bond acceptors (Lipinski definition) is 5. The Kier molecular flexibility index (Phi) is 5.59. The molecule has 4 N–H and O–H groups in total. The van der Waals surface area contributed by atoms with Gasteiger partial charge in [0.05, 0.1) is 16.6 Å². The highest BCUT2D eigenvalue weighted by atomic mass is 35.5. The van der Waals surface area contributed by atoms with Gasteiger partial charge in [0.1, 0.15) is 13.2 Å². The van der Waals surface area contributed by atoms with Crippen LogP contribution in [0.1, 0.15) is 37.7 Å². The molecule has 1 amide bonds. The van der Waals surface area contributed by atoms with Gasteiger partial charge < -0.3 is 25.8 Å². The van der Waals surface area contributed by atoms with Gasteiger partial charge in [-0.1, -0.05) is 18.5 Å². The van der Waals surface area contributed by atoms with Gasteiger partial charge in [0, 0.05) is 5.56 Å². The van der Waals surface area contributed by atoms with Gasteiger partial charge in [0.15, 0.2) is 11.5 Å². The molecule has 6 nitrogen and oxygen atoms in total. The van der Waals surface area contributed by atoms with Crippen molar-refractivity contribution >= 4 is 23.2 Å². The van der Waals surface area contributed by atoms with Crippen LogP contribution in [0.2, 0.25) is 5.02 Å². The maximum atomic E-state index is 12.3. The molecule has 1 aromatic rings. The molecule has 3 rings (SSSR count). The third-order valence-corrected chi connectivity index (χ3v) is 5.43. The second-order valence-electron chi connectivity index (χ2n) is 6.78. The summed E-state index contributed by atoms with van der Waals surface area (Å²) in [5, 5.41) is 0.369. The number of carbonyl (C=O) groups excluding carboxylic acids is 1. The number of benzene rings is 1. The second-order valence-corrected chi connectivity index (χ2v) is 7.18. The number of ether oxygens (including phenoxy) is 2. The molecule has 0 spiro atoms. The number of nitrogen functional groups attached to an aromatic ring is 1. The zero-order chi connectivity index (χ0) is 18.0. The molecule has 2 aliphatic rings. The van der Waals surface area contributed by atoms with E-state index in [-0.39, 0.29) is 11.8 Å². The van der Waals surface area contributed by atoms with Crippen molar-refractivity contribution in [2.45, 2.75) is 32.1 Å². The molecule has 1 saturated heterocycles. The van der Waals surface area contributed by atoms with Crippen molar-refractivity contribution in [1.29, 1.82) is 0 Å². The highest BCUT2D eigenvalue weighted by molar-refractivity contribution is 6.33. The predicted molar refractivity (Wildman–Crippen MR) is 98.2 cm³/mol. The largest absolute Gasteiger partial charge is 0.486 e. The lowest BCUT2D eigenvalue weighted by molar-refractivity contribution is -0.121. The van der Waals surface area contributed by atoms with Crippen LogP contribution in [0.15, 0.2) is 6.07 Å². The molecule has 25 heavy (non-hydrogen) atoms. The predicted octanol–water partition coefficient (Wildman–Crippen LogP) is 2.38. The lowest BCUT2D eigenvalue weighted by Gasteiger charge is -2.36. The van der Waals surface area contributed by atoms with E-state index in [1.54, 1.807) is 6.07 Å². The van der Waals surface area contributed by atoms with E-state index in [4.69, 9.17) is 32.5 Å². The Balaban J connectivity index is 1.92. The number of amides is 1. The van der Waals surface area contributed by atoms with Crippen LogP contribution in [0.5, 0.6) is 11.5 Å². The molecule has 0 aromatic heterocycles. The van der Waals surface area contributed by atoms with Crippen molar-refractivity contribution in [2.24, 2.45) is 11.7 Å². The van der Waals surface area contributed by atoms with Crippen LogP contribution in [0.3, 0.4) is 0 Å². The summed E-state index contributed by atoms with van der Waals surface area (Å²) in [6, 6.07) is 1.72.